The lowest BCUT2D eigenvalue weighted by molar-refractivity contribution is -0.00430. The number of Topliss-reactive ketones (excluding diaryl/α,β-unsaturated/α-hetero) is 1. The number of fused-ring (bicyclic) bond motifs is 2. The maximum absolute atomic E-state index is 12.7. The van der Waals surface area contributed by atoms with Gasteiger partial charge in [-0.3, -0.25) is 14.5 Å². The third-order valence-corrected chi connectivity index (χ3v) is 8.38. The Bertz CT molecular complexity index is 1390. The summed E-state index contributed by atoms with van der Waals surface area (Å²) in [7, 11) is 0. The number of ketones is 1. The Balaban J connectivity index is 0.000000167. The number of thioether (sulfide) groups is 1. The highest BCUT2D eigenvalue weighted by Crippen LogP contribution is 2.26. The molecular formula is C28H28ClNO3S2. The topological polar surface area (TPSA) is 46.6 Å². The van der Waals surface area contributed by atoms with Gasteiger partial charge in [0.25, 0.3) is 0 Å². The molecule has 0 bridgehead atoms. The molecule has 1 saturated heterocycles. The van der Waals surface area contributed by atoms with Crippen LogP contribution in [-0.4, -0.2) is 48.8 Å². The van der Waals surface area contributed by atoms with Crippen molar-refractivity contribution in [2.45, 2.75) is 24.3 Å². The SMILES string of the molecule is CSc1ccc(C(=O)C(C)(C)N2CCOCC2)cc1.O=c1c2ccccc2sc2ccc(Cl)cc12. The van der Waals surface area contributed by atoms with E-state index in [1.54, 1.807) is 29.2 Å². The lowest BCUT2D eigenvalue weighted by Crippen LogP contribution is -2.54. The first-order chi connectivity index (χ1) is 16.8. The van der Waals surface area contributed by atoms with Gasteiger partial charge < -0.3 is 4.74 Å². The van der Waals surface area contributed by atoms with Crippen molar-refractivity contribution in [3.05, 3.63) is 87.5 Å². The Morgan fingerprint density at radius 3 is 2.31 bits per heavy atom. The van der Waals surface area contributed by atoms with E-state index in [0.29, 0.717) is 23.6 Å². The quantitative estimate of drug-likeness (QED) is 0.167. The molecule has 0 radical (unpaired) electrons. The van der Waals surface area contributed by atoms with Gasteiger partial charge in [0.15, 0.2) is 11.2 Å². The van der Waals surface area contributed by atoms with Crippen LogP contribution in [0.3, 0.4) is 0 Å². The summed E-state index contributed by atoms with van der Waals surface area (Å²) in [5, 5.41) is 2.07. The van der Waals surface area contributed by atoms with Crippen LogP contribution in [0.5, 0.6) is 0 Å². The average molecular weight is 526 g/mol. The van der Waals surface area contributed by atoms with Gasteiger partial charge in [0.1, 0.15) is 0 Å². The van der Waals surface area contributed by atoms with Crippen LogP contribution in [0, 0.1) is 0 Å². The molecule has 0 atom stereocenters. The average Bonchev–Trinajstić information content (AvgIpc) is 2.90. The summed E-state index contributed by atoms with van der Waals surface area (Å²) in [4.78, 5) is 28.3. The molecule has 0 spiro atoms. The molecule has 35 heavy (non-hydrogen) atoms. The van der Waals surface area contributed by atoms with Gasteiger partial charge in [-0.1, -0.05) is 35.9 Å². The highest BCUT2D eigenvalue weighted by molar-refractivity contribution is 7.98. The first-order valence-electron chi connectivity index (χ1n) is 11.4. The molecule has 1 fully saturated rings. The zero-order valence-corrected chi connectivity index (χ0v) is 22.4. The van der Waals surface area contributed by atoms with Crippen molar-refractivity contribution in [3.8, 4) is 0 Å². The van der Waals surface area contributed by atoms with E-state index in [0.717, 1.165) is 33.4 Å². The Kier molecular flexibility index (Phi) is 8.30. The largest absolute Gasteiger partial charge is 0.379 e. The van der Waals surface area contributed by atoms with Crippen molar-refractivity contribution in [3.63, 3.8) is 0 Å². The van der Waals surface area contributed by atoms with Crippen molar-refractivity contribution >= 4 is 60.7 Å². The Hall–Kier alpha value is -2.22. The van der Waals surface area contributed by atoms with Crippen LogP contribution in [0.4, 0.5) is 0 Å². The standard InChI is InChI=1S/C15H21NO2S.C13H7ClOS/c1-15(2,16-8-10-18-11-9-16)14(17)12-4-6-13(19-3)7-5-12;14-8-5-6-12-10(7-8)13(15)9-3-1-2-4-11(9)16-12/h4-7H,8-11H2,1-3H3;1-7H. The number of benzene rings is 3. The number of carbonyl (C=O) groups excluding carboxylic acids is 1. The van der Waals surface area contributed by atoms with Gasteiger partial charge >= 0.3 is 0 Å². The predicted octanol–water partition coefficient (Wildman–Crippen LogP) is 6.77. The molecule has 3 aromatic carbocycles. The zero-order valence-electron chi connectivity index (χ0n) is 20.0. The van der Waals surface area contributed by atoms with Gasteiger partial charge in [-0.15, -0.1) is 23.1 Å². The summed E-state index contributed by atoms with van der Waals surface area (Å²) < 4.78 is 7.35. The van der Waals surface area contributed by atoms with Crippen LogP contribution < -0.4 is 5.43 Å². The predicted molar refractivity (Wildman–Crippen MR) is 150 cm³/mol. The van der Waals surface area contributed by atoms with E-state index in [-0.39, 0.29) is 11.2 Å². The summed E-state index contributed by atoms with van der Waals surface area (Å²) in [6.45, 7) is 7.07. The van der Waals surface area contributed by atoms with Crippen molar-refractivity contribution in [1.82, 2.24) is 4.90 Å². The fourth-order valence-corrected chi connectivity index (χ4v) is 5.77. The number of morpholine rings is 1. The molecule has 1 aliphatic rings. The molecule has 1 aliphatic heterocycles. The number of ether oxygens (including phenoxy) is 1. The monoisotopic (exact) mass is 525 g/mol. The third kappa shape index (κ3) is 5.79. The smallest absolute Gasteiger partial charge is 0.195 e. The van der Waals surface area contributed by atoms with Gasteiger partial charge in [-0.25, -0.2) is 0 Å². The maximum atomic E-state index is 12.7. The fourth-order valence-electron chi connectivity index (χ4n) is 4.14. The molecule has 4 aromatic rings. The minimum atomic E-state index is -0.468. The van der Waals surface area contributed by atoms with Crippen molar-refractivity contribution in [1.29, 1.82) is 0 Å². The van der Waals surface area contributed by atoms with Gasteiger partial charge in [0.2, 0.25) is 0 Å². The number of hydrogen-bond donors (Lipinski definition) is 0. The second-order valence-electron chi connectivity index (χ2n) is 8.78. The first kappa shape index (κ1) is 25.9. The zero-order chi connectivity index (χ0) is 25.0. The highest BCUT2D eigenvalue weighted by atomic mass is 35.5. The lowest BCUT2D eigenvalue weighted by atomic mass is 9.91. The lowest BCUT2D eigenvalue weighted by Gasteiger charge is -2.39. The molecule has 0 amide bonds. The number of nitrogens with zero attached hydrogens (tertiary/aromatic N) is 1. The van der Waals surface area contributed by atoms with E-state index in [2.05, 4.69) is 4.90 Å². The second kappa shape index (κ2) is 11.2. The molecule has 0 aliphatic carbocycles. The highest BCUT2D eigenvalue weighted by Gasteiger charge is 2.35. The van der Waals surface area contributed by atoms with Crippen LogP contribution in [0.1, 0.15) is 24.2 Å². The fraction of sp³-hybridized carbons (Fsp3) is 0.286. The summed E-state index contributed by atoms with van der Waals surface area (Å²) in [6.07, 6.45) is 2.04. The molecule has 2 heterocycles. The molecule has 1 aromatic heterocycles. The van der Waals surface area contributed by atoms with E-state index >= 15 is 0 Å². The summed E-state index contributed by atoms with van der Waals surface area (Å²) >= 11 is 9.21. The van der Waals surface area contributed by atoms with E-state index in [1.165, 1.54) is 4.90 Å². The Morgan fingerprint density at radius 2 is 1.63 bits per heavy atom. The van der Waals surface area contributed by atoms with Crippen molar-refractivity contribution < 1.29 is 9.53 Å². The van der Waals surface area contributed by atoms with Gasteiger partial charge in [0.05, 0.1) is 18.8 Å². The van der Waals surface area contributed by atoms with Crippen molar-refractivity contribution in [2.75, 3.05) is 32.6 Å². The van der Waals surface area contributed by atoms with Crippen LogP contribution >= 0.6 is 34.7 Å². The first-order valence-corrected chi connectivity index (χ1v) is 13.9. The normalized spacial score (nSPS) is 14.5. The van der Waals surface area contributed by atoms with E-state index in [1.807, 2.05) is 80.8 Å². The van der Waals surface area contributed by atoms with E-state index in [9.17, 15) is 9.59 Å². The summed E-state index contributed by atoms with van der Waals surface area (Å²) in [5.74, 6) is 0.182. The van der Waals surface area contributed by atoms with Crippen molar-refractivity contribution in [2.24, 2.45) is 0 Å². The van der Waals surface area contributed by atoms with Gasteiger partial charge in [-0.2, -0.15) is 0 Å². The molecule has 182 valence electrons. The van der Waals surface area contributed by atoms with E-state index in [4.69, 9.17) is 16.3 Å². The van der Waals surface area contributed by atoms with Gasteiger partial charge in [-0.05, 0) is 62.6 Å². The minimum Gasteiger partial charge on any atom is -0.379 e. The summed E-state index contributed by atoms with van der Waals surface area (Å²) in [5.41, 5.74) is 0.381. The second-order valence-corrected chi connectivity index (χ2v) is 11.2. The number of halogens is 1. The van der Waals surface area contributed by atoms with Crippen LogP contribution in [0.25, 0.3) is 20.2 Å². The Morgan fingerprint density at radius 1 is 0.971 bits per heavy atom. The molecule has 0 N–H and O–H groups in total. The third-order valence-electron chi connectivity index (χ3n) is 6.25. The van der Waals surface area contributed by atoms with Crippen LogP contribution in [0.2, 0.25) is 5.02 Å². The van der Waals surface area contributed by atoms with Crippen LogP contribution in [0.15, 0.2) is 76.4 Å². The summed E-state index contributed by atoms with van der Waals surface area (Å²) in [6, 6.07) is 21.0. The molecular weight excluding hydrogens is 498 g/mol. The number of carbonyl (C=O) groups is 1. The molecule has 4 nitrogen and oxygen atoms in total. The molecule has 7 heteroatoms. The molecule has 0 saturated carbocycles. The van der Waals surface area contributed by atoms with Crippen LogP contribution in [-0.2, 0) is 4.74 Å². The minimum absolute atomic E-state index is 0.0619. The number of hydrogen-bond acceptors (Lipinski definition) is 6. The molecule has 0 unspecified atom stereocenters. The Labute approximate surface area is 218 Å². The molecule has 5 rings (SSSR count). The number of rotatable bonds is 4. The van der Waals surface area contributed by atoms with E-state index < -0.39 is 5.54 Å². The maximum Gasteiger partial charge on any atom is 0.195 e. The van der Waals surface area contributed by atoms with Gasteiger partial charge in [0, 0.05) is 48.7 Å².